The first-order chi connectivity index (χ1) is 8.11. The molecule has 0 aromatic rings. The number of carbonyl (C=O) groups excluding carboxylic acids is 2. The van der Waals surface area contributed by atoms with E-state index in [1.807, 2.05) is 13.8 Å². The number of nitrogens with one attached hydrogen (secondary N) is 1. The number of piperazine rings is 1. The third-order valence-corrected chi connectivity index (χ3v) is 2.80. The molecular formula is C11H17F3N2O2. The molecule has 0 aromatic heterocycles. The van der Waals surface area contributed by atoms with Crippen LogP contribution in [0, 0.1) is 5.92 Å². The lowest BCUT2D eigenvalue weighted by Gasteiger charge is -2.38. The Kier molecular flexibility index (Phi) is 4.24. The van der Waals surface area contributed by atoms with Gasteiger partial charge in [0.15, 0.2) is 0 Å². The lowest BCUT2D eigenvalue weighted by Crippen LogP contribution is -2.64. The number of halogens is 3. The second kappa shape index (κ2) is 5.16. The van der Waals surface area contributed by atoms with Crippen LogP contribution in [0.4, 0.5) is 13.2 Å². The van der Waals surface area contributed by atoms with E-state index in [1.165, 1.54) is 6.92 Å². The van der Waals surface area contributed by atoms with Gasteiger partial charge in [-0.3, -0.25) is 9.59 Å². The van der Waals surface area contributed by atoms with E-state index in [-0.39, 0.29) is 5.92 Å². The highest BCUT2D eigenvalue weighted by Gasteiger charge is 2.43. The molecular weight excluding hydrogens is 249 g/mol. The zero-order valence-corrected chi connectivity index (χ0v) is 10.5. The van der Waals surface area contributed by atoms with Gasteiger partial charge in [0, 0.05) is 0 Å². The van der Waals surface area contributed by atoms with Crippen molar-refractivity contribution in [3.63, 3.8) is 0 Å². The summed E-state index contributed by atoms with van der Waals surface area (Å²) in [6, 6.07) is -1.93. The summed E-state index contributed by atoms with van der Waals surface area (Å²) in [5, 5.41) is 2.47. The number of nitrogens with zero attached hydrogens (tertiary/aromatic N) is 1. The zero-order chi connectivity index (χ0) is 14.1. The molecule has 0 saturated carbocycles. The van der Waals surface area contributed by atoms with Gasteiger partial charge in [-0.05, 0) is 19.3 Å². The monoisotopic (exact) mass is 266 g/mol. The first kappa shape index (κ1) is 14.8. The van der Waals surface area contributed by atoms with Gasteiger partial charge in [0.05, 0.1) is 0 Å². The van der Waals surface area contributed by atoms with Crippen LogP contribution in [0.2, 0.25) is 0 Å². The molecule has 0 aromatic carbocycles. The summed E-state index contributed by atoms with van der Waals surface area (Å²) < 4.78 is 37.1. The fourth-order valence-corrected chi connectivity index (χ4v) is 1.93. The normalized spacial score (nSPS) is 25.6. The van der Waals surface area contributed by atoms with Crippen molar-refractivity contribution in [2.45, 2.75) is 45.5 Å². The first-order valence-electron chi connectivity index (χ1n) is 5.79. The van der Waals surface area contributed by atoms with E-state index in [2.05, 4.69) is 5.32 Å². The molecule has 18 heavy (non-hydrogen) atoms. The number of carbonyl (C=O) groups is 2. The number of alkyl halides is 3. The molecule has 7 heteroatoms. The number of hydrogen-bond acceptors (Lipinski definition) is 2. The van der Waals surface area contributed by atoms with Crippen LogP contribution >= 0.6 is 0 Å². The van der Waals surface area contributed by atoms with E-state index in [1.54, 1.807) is 0 Å². The van der Waals surface area contributed by atoms with E-state index >= 15 is 0 Å². The van der Waals surface area contributed by atoms with Gasteiger partial charge < -0.3 is 10.2 Å². The van der Waals surface area contributed by atoms with E-state index in [0.29, 0.717) is 11.3 Å². The van der Waals surface area contributed by atoms with E-state index < -0.39 is 36.6 Å². The lowest BCUT2D eigenvalue weighted by atomic mass is 9.99. The van der Waals surface area contributed by atoms with Crippen molar-refractivity contribution in [2.75, 3.05) is 6.54 Å². The fourth-order valence-electron chi connectivity index (χ4n) is 1.93. The Bertz CT molecular complexity index is 342. The van der Waals surface area contributed by atoms with Gasteiger partial charge in [0.2, 0.25) is 11.8 Å². The van der Waals surface area contributed by atoms with Crippen molar-refractivity contribution >= 4 is 11.8 Å². The standard InChI is InChI=1S/C11H17F3N2O2/c1-6(2)4-8-10(18)16(5-11(12,13)14)7(3)9(17)15-8/h6-8H,4-5H2,1-3H3,(H,15,17). The molecule has 1 rings (SSSR count). The summed E-state index contributed by atoms with van der Waals surface area (Å²) in [5.74, 6) is -1.09. The Morgan fingerprint density at radius 1 is 1.33 bits per heavy atom. The lowest BCUT2D eigenvalue weighted by molar-refractivity contribution is -0.173. The highest BCUT2D eigenvalue weighted by molar-refractivity contribution is 5.96. The minimum Gasteiger partial charge on any atom is -0.343 e. The van der Waals surface area contributed by atoms with Gasteiger partial charge >= 0.3 is 6.18 Å². The van der Waals surface area contributed by atoms with Crippen LogP contribution in [-0.4, -0.2) is 41.5 Å². The maximum atomic E-state index is 12.4. The molecule has 1 heterocycles. The summed E-state index contributed by atoms with van der Waals surface area (Å²) in [7, 11) is 0. The molecule has 1 saturated heterocycles. The predicted molar refractivity (Wildman–Crippen MR) is 58.6 cm³/mol. The summed E-state index contributed by atoms with van der Waals surface area (Å²) in [4.78, 5) is 24.1. The first-order valence-corrected chi connectivity index (χ1v) is 5.79. The molecule has 0 aliphatic carbocycles. The Morgan fingerprint density at radius 2 is 1.89 bits per heavy atom. The van der Waals surface area contributed by atoms with Crippen LogP contribution in [0.15, 0.2) is 0 Å². The third kappa shape index (κ3) is 3.61. The summed E-state index contributed by atoms with van der Waals surface area (Å²) in [5.41, 5.74) is 0. The van der Waals surface area contributed by atoms with Gasteiger partial charge in [-0.25, -0.2) is 0 Å². The second-order valence-corrected chi connectivity index (χ2v) is 4.95. The Hall–Kier alpha value is -1.27. The van der Waals surface area contributed by atoms with Crippen LogP contribution in [0.25, 0.3) is 0 Å². The molecule has 0 spiro atoms. The van der Waals surface area contributed by atoms with Crippen molar-refractivity contribution < 1.29 is 22.8 Å². The van der Waals surface area contributed by atoms with E-state index in [9.17, 15) is 22.8 Å². The minimum atomic E-state index is -4.50. The quantitative estimate of drug-likeness (QED) is 0.837. The Balaban J connectivity index is 2.85. The zero-order valence-electron chi connectivity index (χ0n) is 10.5. The van der Waals surface area contributed by atoms with Crippen molar-refractivity contribution in [2.24, 2.45) is 5.92 Å². The van der Waals surface area contributed by atoms with Crippen LogP contribution < -0.4 is 5.32 Å². The van der Waals surface area contributed by atoms with Crippen LogP contribution in [0.3, 0.4) is 0 Å². The van der Waals surface area contributed by atoms with Gasteiger partial charge in [-0.2, -0.15) is 13.2 Å². The highest BCUT2D eigenvalue weighted by Crippen LogP contribution is 2.22. The van der Waals surface area contributed by atoms with E-state index in [4.69, 9.17) is 0 Å². The largest absolute Gasteiger partial charge is 0.406 e. The summed E-state index contributed by atoms with van der Waals surface area (Å²) >= 11 is 0. The van der Waals surface area contributed by atoms with E-state index in [0.717, 1.165) is 0 Å². The molecule has 2 unspecified atom stereocenters. The average Bonchev–Trinajstić information content (AvgIpc) is 2.19. The summed E-state index contributed by atoms with van der Waals surface area (Å²) in [6.07, 6.45) is -4.16. The van der Waals surface area contributed by atoms with Gasteiger partial charge in [-0.15, -0.1) is 0 Å². The van der Waals surface area contributed by atoms with Crippen molar-refractivity contribution in [3.05, 3.63) is 0 Å². The minimum absolute atomic E-state index is 0.111. The molecule has 2 atom stereocenters. The maximum absolute atomic E-state index is 12.4. The molecule has 1 aliphatic heterocycles. The second-order valence-electron chi connectivity index (χ2n) is 4.95. The van der Waals surface area contributed by atoms with Gasteiger partial charge in [0.25, 0.3) is 0 Å². The molecule has 1 fully saturated rings. The summed E-state index contributed by atoms with van der Waals surface area (Å²) in [6.45, 7) is 3.59. The fraction of sp³-hybridized carbons (Fsp3) is 0.818. The molecule has 1 N–H and O–H groups in total. The molecule has 4 nitrogen and oxygen atoms in total. The van der Waals surface area contributed by atoms with Crippen LogP contribution in [-0.2, 0) is 9.59 Å². The average molecular weight is 266 g/mol. The van der Waals surface area contributed by atoms with Crippen LogP contribution in [0.1, 0.15) is 27.2 Å². The molecule has 0 bridgehead atoms. The van der Waals surface area contributed by atoms with Gasteiger partial charge in [0.1, 0.15) is 18.6 Å². The Labute approximate surface area is 104 Å². The van der Waals surface area contributed by atoms with Crippen molar-refractivity contribution in [3.8, 4) is 0 Å². The predicted octanol–water partition coefficient (Wildman–Crippen LogP) is 1.31. The topological polar surface area (TPSA) is 49.4 Å². The molecule has 0 radical (unpaired) electrons. The van der Waals surface area contributed by atoms with Crippen molar-refractivity contribution in [1.29, 1.82) is 0 Å². The molecule has 2 amide bonds. The molecule has 1 aliphatic rings. The number of amides is 2. The van der Waals surface area contributed by atoms with Crippen molar-refractivity contribution in [1.82, 2.24) is 10.2 Å². The molecule has 104 valence electrons. The maximum Gasteiger partial charge on any atom is 0.406 e. The van der Waals surface area contributed by atoms with Crippen LogP contribution in [0.5, 0.6) is 0 Å². The SMILES string of the molecule is CC(C)CC1NC(=O)C(C)N(CC(F)(F)F)C1=O. The smallest absolute Gasteiger partial charge is 0.343 e. The Morgan fingerprint density at radius 3 is 2.33 bits per heavy atom. The number of hydrogen-bond donors (Lipinski definition) is 1. The highest BCUT2D eigenvalue weighted by atomic mass is 19.4. The number of rotatable bonds is 3. The third-order valence-electron chi connectivity index (χ3n) is 2.80. The van der Waals surface area contributed by atoms with Gasteiger partial charge in [-0.1, -0.05) is 13.8 Å².